The molecule has 0 fully saturated rings. The highest BCUT2D eigenvalue weighted by Gasteiger charge is 2.31. The van der Waals surface area contributed by atoms with Gasteiger partial charge in [0.15, 0.2) is 0 Å². The van der Waals surface area contributed by atoms with Gasteiger partial charge in [-0.2, -0.15) is 13.2 Å². The number of rotatable bonds is 6. The van der Waals surface area contributed by atoms with Crippen molar-refractivity contribution in [3.05, 3.63) is 29.6 Å². The highest BCUT2D eigenvalue weighted by Crippen LogP contribution is 2.30. The van der Waals surface area contributed by atoms with E-state index in [1.165, 1.54) is 6.07 Å². The second-order valence-electron chi connectivity index (χ2n) is 4.79. The van der Waals surface area contributed by atoms with Gasteiger partial charge in [0.05, 0.1) is 17.3 Å². The highest BCUT2D eigenvalue weighted by atomic mass is 19.4. The molecule has 108 valence electrons. The van der Waals surface area contributed by atoms with E-state index in [4.69, 9.17) is 0 Å². The lowest BCUT2D eigenvalue weighted by molar-refractivity contribution is -0.137. The molecule has 2 unspecified atom stereocenters. The number of nitrogens with one attached hydrogen (secondary N) is 1. The molecule has 0 aliphatic carbocycles. The molecule has 0 saturated carbocycles. The highest BCUT2D eigenvalue weighted by molar-refractivity contribution is 5.19. The van der Waals surface area contributed by atoms with Crippen molar-refractivity contribution in [2.75, 3.05) is 6.54 Å². The SMILES string of the molecule is CCCNC(c1ccc(C(F)(F)F)cn1)C(C)CC. The third kappa shape index (κ3) is 4.49. The molecule has 0 bridgehead atoms. The van der Waals surface area contributed by atoms with Crippen LogP contribution in [0, 0.1) is 5.92 Å². The minimum Gasteiger partial charge on any atom is -0.308 e. The molecule has 1 heterocycles. The van der Waals surface area contributed by atoms with Crippen LogP contribution >= 0.6 is 0 Å². The fourth-order valence-electron chi connectivity index (χ4n) is 1.89. The number of halogens is 3. The van der Waals surface area contributed by atoms with Crippen LogP contribution in [0.15, 0.2) is 18.3 Å². The first-order valence-corrected chi connectivity index (χ1v) is 6.66. The molecule has 0 spiro atoms. The number of hydrogen-bond donors (Lipinski definition) is 1. The first kappa shape index (κ1) is 16.0. The number of aromatic nitrogens is 1. The van der Waals surface area contributed by atoms with Crippen molar-refractivity contribution < 1.29 is 13.2 Å². The summed E-state index contributed by atoms with van der Waals surface area (Å²) >= 11 is 0. The maximum Gasteiger partial charge on any atom is 0.417 e. The third-order valence-corrected chi connectivity index (χ3v) is 3.26. The van der Waals surface area contributed by atoms with Gasteiger partial charge >= 0.3 is 6.18 Å². The van der Waals surface area contributed by atoms with Crippen LogP contribution in [0.1, 0.15) is 50.9 Å². The molecular formula is C14H21F3N2. The molecular weight excluding hydrogens is 253 g/mol. The van der Waals surface area contributed by atoms with Crippen molar-refractivity contribution in [3.63, 3.8) is 0 Å². The Kier molecular flexibility index (Phi) is 5.79. The van der Waals surface area contributed by atoms with Gasteiger partial charge in [-0.3, -0.25) is 4.98 Å². The molecule has 1 aromatic rings. The van der Waals surface area contributed by atoms with Crippen molar-refractivity contribution in [3.8, 4) is 0 Å². The third-order valence-electron chi connectivity index (χ3n) is 3.26. The van der Waals surface area contributed by atoms with Gasteiger partial charge in [0.1, 0.15) is 0 Å². The number of nitrogens with zero attached hydrogens (tertiary/aromatic N) is 1. The lowest BCUT2D eigenvalue weighted by atomic mass is 9.95. The summed E-state index contributed by atoms with van der Waals surface area (Å²) in [7, 11) is 0. The van der Waals surface area contributed by atoms with Crippen molar-refractivity contribution in [2.24, 2.45) is 5.92 Å². The second-order valence-corrected chi connectivity index (χ2v) is 4.79. The zero-order valence-electron chi connectivity index (χ0n) is 11.6. The van der Waals surface area contributed by atoms with Gasteiger partial charge in [-0.1, -0.05) is 27.2 Å². The summed E-state index contributed by atoms with van der Waals surface area (Å²) in [5, 5.41) is 3.35. The quantitative estimate of drug-likeness (QED) is 0.841. The van der Waals surface area contributed by atoms with E-state index in [2.05, 4.69) is 31.1 Å². The van der Waals surface area contributed by atoms with Crippen LogP contribution in [-0.2, 0) is 6.18 Å². The molecule has 0 aliphatic heterocycles. The summed E-state index contributed by atoms with van der Waals surface area (Å²) in [4.78, 5) is 3.98. The summed E-state index contributed by atoms with van der Waals surface area (Å²) in [5.74, 6) is 0.329. The van der Waals surface area contributed by atoms with Crippen LogP contribution in [0.3, 0.4) is 0 Å². The smallest absolute Gasteiger partial charge is 0.308 e. The van der Waals surface area contributed by atoms with E-state index in [1.807, 2.05) is 0 Å². The van der Waals surface area contributed by atoms with Crippen LogP contribution in [-0.4, -0.2) is 11.5 Å². The molecule has 1 N–H and O–H groups in total. The minimum absolute atomic E-state index is 0.00670. The van der Waals surface area contributed by atoms with E-state index >= 15 is 0 Å². The average Bonchev–Trinajstić information content (AvgIpc) is 2.38. The average molecular weight is 274 g/mol. The minimum atomic E-state index is -4.33. The van der Waals surface area contributed by atoms with Crippen LogP contribution in [0.25, 0.3) is 0 Å². The van der Waals surface area contributed by atoms with Gasteiger partial charge in [-0.15, -0.1) is 0 Å². The predicted molar refractivity (Wildman–Crippen MR) is 69.7 cm³/mol. The van der Waals surface area contributed by atoms with Gasteiger partial charge in [0, 0.05) is 6.20 Å². The number of hydrogen-bond acceptors (Lipinski definition) is 2. The summed E-state index contributed by atoms with van der Waals surface area (Å²) in [6.07, 6.45) is -1.48. The topological polar surface area (TPSA) is 24.9 Å². The monoisotopic (exact) mass is 274 g/mol. The normalized spacial score (nSPS) is 15.3. The van der Waals surface area contributed by atoms with Crippen molar-refractivity contribution in [1.82, 2.24) is 10.3 Å². The summed E-state index contributed by atoms with van der Waals surface area (Å²) in [6, 6.07) is 2.58. The second kappa shape index (κ2) is 6.89. The molecule has 2 nitrogen and oxygen atoms in total. The van der Waals surface area contributed by atoms with Gasteiger partial charge in [0.25, 0.3) is 0 Å². The molecule has 2 atom stereocenters. The molecule has 0 radical (unpaired) electrons. The number of alkyl halides is 3. The van der Waals surface area contributed by atoms with Crippen LogP contribution < -0.4 is 5.32 Å². The Morgan fingerprint density at radius 1 is 1.26 bits per heavy atom. The van der Waals surface area contributed by atoms with E-state index in [-0.39, 0.29) is 6.04 Å². The van der Waals surface area contributed by atoms with Crippen LogP contribution in [0.5, 0.6) is 0 Å². The largest absolute Gasteiger partial charge is 0.417 e. The fourth-order valence-corrected chi connectivity index (χ4v) is 1.89. The maximum absolute atomic E-state index is 12.5. The van der Waals surface area contributed by atoms with E-state index < -0.39 is 11.7 Å². The van der Waals surface area contributed by atoms with Crippen LogP contribution in [0.4, 0.5) is 13.2 Å². The summed E-state index contributed by atoms with van der Waals surface area (Å²) in [5.41, 5.74) is -0.0227. The lowest BCUT2D eigenvalue weighted by Gasteiger charge is -2.24. The van der Waals surface area contributed by atoms with Gasteiger partial charge < -0.3 is 5.32 Å². The standard InChI is InChI=1S/C14H21F3N2/c1-4-8-18-13(10(3)5-2)12-7-6-11(9-19-12)14(15,16)17/h6-7,9-10,13,18H,4-5,8H2,1-3H3. The van der Waals surface area contributed by atoms with Gasteiger partial charge in [0.2, 0.25) is 0 Å². The van der Waals surface area contributed by atoms with E-state index in [9.17, 15) is 13.2 Å². The molecule has 5 heteroatoms. The molecule has 1 aromatic heterocycles. The molecule has 0 saturated heterocycles. The Morgan fingerprint density at radius 3 is 2.37 bits per heavy atom. The Morgan fingerprint density at radius 2 is 1.95 bits per heavy atom. The number of pyridine rings is 1. The zero-order valence-corrected chi connectivity index (χ0v) is 11.6. The van der Waals surface area contributed by atoms with E-state index in [0.29, 0.717) is 11.6 Å². The first-order chi connectivity index (χ1) is 8.90. The molecule has 0 aliphatic rings. The summed E-state index contributed by atoms with van der Waals surface area (Å²) in [6.45, 7) is 7.03. The zero-order chi connectivity index (χ0) is 14.5. The molecule has 0 aromatic carbocycles. The lowest BCUT2D eigenvalue weighted by Crippen LogP contribution is -2.28. The van der Waals surface area contributed by atoms with E-state index in [1.54, 1.807) is 0 Å². The molecule has 0 amide bonds. The maximum atomic E-state index is 12.5. The molecule has 19 heavy (non-hydrogen) atoms. The fraction of sp³-hybridized carbons (Fsp3) is 0.643. The van der Waals surface area contributed by atoms with Gasteiger partial charge in [-0.05, 0) is 31.0 Å². The first-order valence-electron chi connectivity index (χ1n) is 6.66. The van der Waals surface area contributed by atoms with Gasteiger partial charge in [-0.25, -0.2) is 0 Å². The Hall–Kier alpha value is -1.10. The Balaban J connectivity index is 2.90. The molecule has 1 rings (SSSR count). The Bertz CT molecular complexity index is 373. The van der Waals surface area contributed by atoms with Crippen molar-refractivity contribution >= 4 is 0 Å². The van der Waals surface area contributed by atoms with Crippen molar-refractivity contribution in [1.29, 1.82) is 0 Å². The van der Waals surface area contributed by atoms with Crippen LogP contribution in [0.2, 0.25) is 0 Å². The Labute approximate surface area is 112 Å². The van der Waals surface area contributed by atoms with Crippen molar-refractivity contribution in [2.45, 2.75) is 45.8 Å². The van der Waals surface area contributed by atoms with E-state index in [0.717, 1.165) is 31.6 Å². The summed E-state index contributed by atoms with van der Waals surface area (Å²) < 4.78 is 37.5. The predicted octanol–water partition coefficient (Wildman–Crippen LogP) is 4.19.